The number of hydrogen-bond acceptors (Lipinski definition) is 5. The highest BCUT2D eigenvalue weighted by Gasteiger charge is 2.21. The number of halogens is 2. The molecule has 0 aliphatic heterocycles. The van der Waals surface area contributed by atoms with E-state index in [1.54, 1.807) is 41.7 Å². The third kappa shape index (κ3) is 4.23. The molecule has 0 spiro atoms. The number of rotatable bonds is 6. The molecule has 0 saturated carbocycles. The van der Waals surface area contributed by atoms with Crippen molar-refractivity contribution in [3.05, 3.63) is 73.6 Å². The normalized spacial score (nSPS) is 13.2. The topological polar surface area (TPSA) is 64.2 Å². The summed E-state index contributed by atoms with van der Waals surface area (Å²) in [5, 5.41) is 1.000. The van der Waals surface area contributed by atoms with Crippen LogP contribution in [0.15, 0.2) is 41.2 Å². The van der Waals surface area contributed by atoms with Crippen LogP contribution in [0.25, 0.3) is 21.6 Å². The Morgan fingerprint density at radius 1 is 1.18 bits per heavy atom. The van der Waals surface area contributed by atoms with Gasteiger partial charge in [0.05, 0.1) is 17.0 Å². The Morgan fingerprint density at radius 2 is 2.00 bits per heavy atom. The molecule has 1 N–H and O–H groups in total. The minimum absolute atomic E-state index is 0.00755. The van der Waals surface area contributed by atoms with Crippen LogP contribution in [-0.2, 0) is 19.4 Å². The van der Waals surface area contributed by atoms with E-state index >= 15 is 0 Å². The average molecular weight is 485 g/mol. The van der Waals surface area contributed by atoms with E-state index in [2.05, 4.69) is 4.98 Å². The molecule has 0 fully saturated rings. The summed E-state index contributed by atoms with van der Waals surface area (Å²) in [6, 6.07) is 9.83. The van der Waals surface area contributed by atoms with Gasteiger partial charge in [-0.2, -0.15) is 0 Å². The summed E-state index contributed by atoms with van der Waals surface area (Å²) in [6.45, 7) is 2.24. The lowest BCUT2D eigenvalue weighted by Gasteiger charge is -2.15. The van der Waals surface area contributed by atoms with Gasteiger partial charge in [0.15, 0.2) is 11.5 Å². The molecule has 0 atom stereocenters. The van der Waals surface area contributed by atoms with E-state index in [-0.39, 0.29) is 18.0 Å². The second-order valence-corrected chi connectivity index (χ2v) is 9.39. The van der Waals surface area contributed by atoms with Crippen LogP contribution in [0.3, 0.4) is 0 Å². The predicted octanol–water partition coefficient (Wildman–Crippen LogP) is 6.30. The summed E-state index contributed by atoms with van der Waals surface area (Å²) in [5.74, 6) is 0.802. The molecule has 1 aliphatic rings. The molecule has 0 amide bonds. The van der Waals surface area contributed by atoms with Crippen molar-refractivity contribution in [3.63, 3.8) is 0 Å². The minimum atomic E-state index is -0.350. The van der Waals surface area contributed by atoms with Crippen LogP contribution in [0.5, 0.6) is 11.5 Å². The number of aromatic nitrogens is 2. The lowest BCUT2D eigenvalue weighted by atomic mass is 9.97. The average Bonchev–Trinajstić information content (AvgIpc) is 3.18. The van der Waals surface area contributed by atoms with E-state index in [4.69, 9.17) is 26.1 Å². The van der Waals surface area contributed by atoms with E-state index < -0.39 is 0 Å². The minimum Gasteiger partial charge on any atom is -0.490 e. The fraction of sp³-hybridized carbons (Fsp3) is 0.280. The maximum absolute atomic E-state index is 14.0. The van der Waals surface area contributed by atoms with E-state index in [0.717, 1.165) is 36.1 Å². The summed E-state index contributed by atoms with van der Waals surface area (Å²) in [4.78, 5) is 22.6. The molecule has 1 aliphatic carbocycles. The van der Waals surface area contributed by atoms with Crippen molar-refractivity contribution in [1.29, 1.82) is 0 Å². The maximum Gasteiger partial charge on any atom is 0.260 e. The Bertz CT molecular complexity index is 1400. The molecule has 2 aromatic heterocycles. The Balaban J connectivity index is 1.53. The third-order valence-electron chi connectivity index (χ3n) is 5.74. The molecule has 0 radical (unpaired) electrons. The molecule has 170 valence electrons. The maximum atomic E-state index is 14.0. The summed E-state index contributed by atoms with van der Waals surface area (Å²) < 4.78 is 25.6. The zero-order chi connectivity index (χ0) is 22.9. The second-order valence-electron chi connectivity index (χ2n) is 7.90. The Hall–Kier alpha value is -2.90. The van der Waals surface area contributed by atoms with Crippen LogP contribution in [0, 0.1) is 5.82 Å². The van der Waals surface area contributed by atoms with Crippen LogP contribution in [0.4, 0.5) is 4.39 Å². The van der Waals surface area contributed by atoms with Gasteiger partial charge in [0, 0.05) is 16.0 Å². The molecule has 0 unspecified atom stereocenters. The zero-order valence-corrected chi connectivity index (χ0v) is 19.6. The summed E-state index contributed by atoms with van der Waals surface area (Å²) in [6.07, 6.45) is 4.17. The zero-order valence-electron chi connectivity index (χ0n) is 18.0. The molecule has 4 aromatic rings. The van der Waals surface area contributed by atoms with Crippen LogP contribution >= 0.6 is 22.9 Å². The molecule has 8 heteroatoms. The number of ether oxygens (including phenoxy) is 2. The van der Waals surface area contributed by atoms with Crippen LogP contribution < -0.4 is 15.0 Å². The number of fused-ring (bicyclic) bond motifs is 3. The number of aromatic amines is 1. The molecule has 0 bridgehead atoms. The number of H-pyrrole nitrogens is 1. The van der Waals surface area contributed by atoms with Crippen molar-refractivity contribution in [2.45, 2.75) is 39.2 Å². The molecule has 2 aromatic carbocycles. The highest BCUT2D eigenvalue weighted by Crippen LogP contribution is 2.40. The number of aryl methyl sites for hydroxylation is 2. The first-order valence-corrected chi connectivity index (χ1v) is 12.1. The molecular weight excluding hydrogens is 463 g/mol. The predicted molar refractivity (Wildman–Crippen MR) is 129 cm³/mol. The highest BCUT2D eigenvalue weighted by molar-refractivity contribution is 7.18. The monoisotopic (exact) mass is 484 g/mol. The van der Waals surface area contributed by atoms with Gasteiger partial charge in [0.1, 0.15) is 23.1 Å². The molecule has 2 heterocycles. The summed E-state index contributed by atoms with van der Waals surface area (Å²) in [7, 11) is 0. The lowest BCUT2D eigenvalue weighted by molar-refractivity contribution is 0.266. The fourth-order valence-electron chi connectivity index (χ4n) is 4.17. The smallest absolute Gasteiger partial charge is 0.260 e. The number of hydrogen-bond donors (Lipinski definition) is 1. The Labute approximate surface area is 199 Å². The van der Waals surface area contributed by atoms with Crippen molar-refractivity contribution < 1.29 is 13.9 Å². The van der Waals surface area contributed by atoms with Crippen molar-refractivity contribution in [2.75, 3.05) is 6.61 Å². The largest absolute Gasteiger partial charge is 0.490 e. The number of nitrogens with one attached hydrogen (secondary N) is 1. The van der Waals surface area contributed by atoms with Crippen molar-refractivity contribution in [1.82, 2.24) is 9.97 Å². The highest BCUT2D eigenvalue weighted by atomic mass is 35.5. The molecular formula is C25H22ClFN2O3S. The van der Waals surface area contributed by atoms with Crippen LogP contribution in [0.1, 0.15) is 35.8 Å². The molecule has 5 nitrogen and oxygen atoms in total. The number of nitrogens with zero attached hydrogens (tertiary/aromatic N) is 1. The van der Waals surface area contributed by atoms with Gasteiger partial charge in [0.2, 0.25) is 0 Å². The summed E-state index contributed by atoms with van der Waals surface area (Å²) in [5.41, 5.74) is 2.04. The molecule has 0 saturated heterocycles. The third-order valence-corrected chi connectivity index (χ3v) is 7.20. The number of benzene rings is 2. The van der Waals surface area contributed by atoms with E-state index in [1.165, 1.54) is 10.9 Å². The first-order valence-electron chi connectivity index (χ1n) is 10.9. The molecule has 33 heavy (non-hydrogen) atoms. The first-order chi connectivity index (χ1) is 16.0. The van der Waals surface area contributed by atoms with Gasteiger partial charge in [-0.3, -0.25) is 4.79 Å². The van der Waals surface area contributed by atoms with Crippen molar-refractivity contribution in [2.24, 2.45) is 0 Å². The van der Waals surface area contributed by atoms with Gasteiger partial charge in [-0.05, 0) is 56.4 Å². The van der Waals surface area contributed by atoms with E-state index in [9.17, 15) is 9.18 Å². The van der Waals surface area contributed by atoms with Gasteiger partial charge >= 0.3 is 0 Å². The van der Waals surface area contributed by atoms with E-state index in [1.807, 2.05) is 6.92 Å². The fourth-order valence-corrected chi connectivity index (χ4v) is 5.70. The Kier molecular flexibility index (Phi) is 6.08. The van der Waals surface area contributed by atoms with Gasteiger partial charge in [-0.15, -0.1) is 11.3 Å². The quantitative estimate of drug-likeness (QED) is 0.349. The van der Waals surface area contributed by atoms with Crippen LogP contribution in [-0.4, -0.2) is 16.6 Å². The van der Waals surface area contributed by atoms with Crippen molar-refractivity contribution >= 4 is 33.2 Å². The van der Waals surface area contributed by atoms with Gasteiger partial charge in [-0.25, -0.2) is 9.37 Å². The lowest BCUT2D eigenvalue weighted by Crippen LogP contribution is -2.11. The standard InChI is InChI=1S/C25H22ClFN2O3S/c1-2-31-19-12-15(11-17(26)22(19)32-13-14-7-3-5-9-18(14)27)23-28-24(30)21-16-8-4-6-10-20(16)33-25(21)29-23/h3,5,7,9,11-12H,2,4,6,8,10,13H2,1H3,(H,28,29,30). The van der Waals surface area contributed by atoms with Gasteiger partial charge < -0.3 is 14.5 Å². The Morgan fingerprint density at radius 3 is 2.82 bits per heavy atom. The van der Waals surface area contributed by atoms with E-state index in [0.29, 0.717) is 45.5 Å². The SMILES string of the molecule is CCOc1cc(-c2nc3sc4c(c3c(=O)[nH]2)CCCC4)cc(Cl)c1OCc1ccccc1F. The summed E-state index contributed by atoms with van der Waals surface area (Å²) >= 11 is 8.15. The van der Waals surface area contributed by atoms with Gasteiger partial charge in [0.25, 0.3) is 5.56 Å². The van der Waals surface area contributed by atoms with Gasteiger partial charge in [-0.1, -0.05) is 29.8 Å². The first kappa shape index (κ1) is 21.9. The molecule has 5 rings (SSSR count). The van der Waals surface area contributed by atoms with Crippen molar-refractivity contribution in [3.8, 4) is 22.9 Å². The number of thiophene rings is 1. The van der Waals surface area contributed by atoms with Crippen LogP contribution in [0.2, 0.25) is 5.02 Å². The second kappa shape index (κ2) is 9.15.